The smallest absolute Gasteiger partial charge is 0.323 e. The highest BCUT2D eigenvalue weighted by Crippen LogP contribution is 2.14. The van der Waals surface area contributed by atoms with Crippen LogP contribution in [0.25, 0.3) is 0 Å². The van der Waals surface area contributed by atoms with E-state index in [-0.39, 0.29) is 18.1 Å². The molecule has 0 fully saturated rings. The molecule has 0 radical (unpaired) electrons. The van der Waals surface area contributed by atoms with Crippen molar-refractivity contribution in [3.05, 3.63) is 18.6 Å². The second kappa shape index (κ2) is 7.24. The van der Waals surface area contributed by atoms with Crippen LogP contribution in [-0.4, -0.2) is 40.9 Å². The second-order valence-corrected chi connectivity index (χ2v) is 4.79. The van der Waals surface area contributed by atoms with Crippen molar-refractivity contribution in [1.82, 2.24) is 15.3 Å². The highest BCUT2D eigenvalue weighted by atomic mass is 32.2. The molecule has 1 unspecified atom stereocenters. The first-order valence-corrected chi connectivity index (χ1v) is 6.34. The summed E-state index contributed by atoms with van der Waals surface area (Å²) < 4.78 is 4.75. The van der Waals surface area contributed by atoms with Gasteiger partial charge in [0.15, 0.2) is 0 Å². The average Bonchev–Trinajstić information content (AvgIpc) is 2.34. The van der Waals surface area contributed by atoms with Crippen molar-refractivity contribution in [2.75, 3.05) is 12.9 Å². The van der Waals surface area contributed by atoms with Crippen LogP contribution in [-0.2, 0) is 9.53 Å². The molecule has 1 heterocycles. The molecule has 5 nitrogen and oxygen atoms in total. The quantitative estimate of drug-likeness (QED) is 0.607. The molecular formula is C11H17N3O2S. The molecule has 0 aliphatic heterocycles. The third-order valence-electron chi connectivity index (χ3n) is 1.96. The van der Waals surface area contributed by atoms with Crippen LogP contribution >= 0.6 is 11.8 Å². The van der Waals surface area contributed by atoms with E-state index in [9.17, 15) is 4.79 Å². The van der Waals surface area contributed by atoms with Crippen molar-refractivity contribution in [3.8, 4) is 0 Å². The second-order valence-electron chi connectivity index (χ2n) is 3.75. The average molecular weight is 255 g/mol. The predicted octanol–water partition coefficient (Wildman–Crippen LogP) is 1.11. The van der Waals surface area contributed by atoms with Crippen LogP contribution in [0.2, 0.25) is 0 Å². The maximum atomic E-state index is 11.5. The summed E-state index contributed by atoms with van der Waals surface area (Å²) >= 11 is 1.48. The number of nitrogens with zero attached hydrogens (tertiary/aromatic N) is 2. The largest absolute Gasteiger partial charge is 0.468 e. The lowest BCUT2D eigenvalue weighted by atomic mass is 10.3. The number of hydrogen-bond acceptors (Lipinski definition) is 6. The maximum absolute atomic E-state index is 11.5. The molecular weight excluding hydrogens is 238 g/mol. The molecule has 1 rings (SSSR count). The zero-order chi connectivity index (χ0) is 12.7. The number of esters is 1. The van der Waals surface area contributed by atoms with Gasteiger partial charge in [0.05, 0.1) is 13.3 Å². The number of ether oxygens (including phenoxy) is 1. The first-order valence-electron chi connectivity index (χ1n) is 5.36. The number of methoxy groups -OCH3 is 1. The minimum absolute atomic E-state index is 0.224. The first kappa shape index (κ1) is 13.9. The summed E-state index contributed by atoms with van der Waals surface area (Å²) in [6.45, 7) is 3.98. The molecule has 1 N–H and O–H groups in total. The first-order chi connectivity index (χ1) is 8.13. The molecule has 94 valence electrons. The van der Waals surface area contributed by atoms with Crippen molar-refractivity contribution < 1.29 is 9.53 Å². The molecule has 0 spiro atoms. The number of nitrogens with one attached hydrogen (secondary N) is 1. The zero-order valence-electron chi connectivity index (χ0n) is 10.2. The summed E-state index contributed by atoms with van der Waals surface area (Å²) in [6, 6.07) is -0.103. The maximum Gasteiger partial charge on any atom is 0.323 e. The number of thioether (sulfide) groups is 1. The molecule has 0 amide bonds. The number of carbonyl (C=O) groups excluding carboxylic acids is 1. The van der Waals surface area contributed by atoms with Gasteiger partial charge in [-0.3, -0.25) is 9.78 Å². The van der Waals surface area contributed by atoms with E-state index >= 15 is 0 Å². The highest BCUT2D eigenvalue weighted by molar-refractivity contribution is 7.99. The third-order valence-corrected chi connectivity index (χ3v) is 2.96. The summed E-state index contributed by atoms with van der Waals surface area (Å²) in [5.41, 5.74) is 0. The lowest BCUT2D eigenvalue weighted by Gasteiger charge is -2.18. The van der Waals surface area contributed by atoms with Crippen LogP contribution in [0.3, 0.4) is 0 Å². The highest BCUT2D eigenvalue weighted by Gasteiger charge is 2.20. The fourth-order valence-corrected chi connectivity index (χ4v) is 2.10. The van der Waals surface area contributed by atoms with Gasteiger partial charge in [0, 0.05) is 24.2 Å². The normalized spacial score (nSPS) is 12.5. The van der Waals surface area contributed by atoms with E-state index < -0.39 is 0 Å². The van der Waals surface area contributed by atoms with Crippen molar-refractivity contribution in [2.45, 2.75) is 31.0 Å². The Labute approximate surface area is 105 Å². The molecule has 1 aromatic rings. The van der Waals surface area contributed by atoms with Crippen LogP contribution in [0.1, 0.15) is 13.8 Å². The van der Waals surface area contributed by atoms with E-state index in [0.29, 0.717) is 5.75 Å². The Kier molecular flexibility index (Phi) is 5.93. The van der Waals surface area contributed by atoms with Crippen LogP contribution < -0.4 is 5.32 Å². The number of hydrogen-bond donors (Lipinski definition) is 1. The van der Waals surface area contributed by atoms with E-state index in [1.165, 1.54) is 18.9 Å². The summed E-state index contributed by atoms with van der Waals surface area (Å²) in [4.78, 5) is 19.6. The lowest BCUT2D eigenvalue weighted by Crippen LogP contribution is -2.43. The van der Waals surface area contributed by atoms with Crippen molar-refractivity contribution >= 4 is 17.7 Å². The number of rotatable bonds is 6. The molecule has 0 aliphatic carbocycles. The summed E-state index contributed by atoms with van der Waals surface area (Å²) in [5, 5.41) is 3.96. The summed E-state index contributed by atoms with van der Waals surface area (Å²) in [5.74, 6) is 0.318. The Hall–Kier alpha value is -1.14. The molecule has 0 aromatic carbocycles. The standard InChI is InChI=1S/C11H17N3O2S/c1-8(2)14-9(11(15)16-3)7-17-10-6-12-4-5-13-10/h4-6,8-9,14H,7H2,1-3H3. The molecule has 1 aromatic heterocycles. The Morgan fingerprint density at radius 1 is 1.53 bits per heavy atom. The Bertz CT molecular complexity index is 346. The molecule has 0 aliphatic rings. The van der Waals surface area contributed by atoms with Crippen LogP contribution in [0.5, 0.6) is 0 Å². The molecule has 1 atom stereocenters. The third kappa shape index (κ3) is 5.14. The predicted molar refractivity (Wildman–Crippen MR) is 66.8 cm³/mol. The van der Waals surface area contributed by atoms with Gasteiger partial charge in [0.2, 0.25) is 0 Å². The molecule has 0 saturated carbocycles. The summed E-state index contributed by atoms with van der Waals surface area (Å²) in [6.07, 6.45) is 4.92. The van der Waals surface area contributed by atoms with E-state index in [4.69, 9.17) is 4.74 Å². The fraction of sp³-hybridized carbons (Fsp3) is 0.545. The van der Waals surface area contributed by atoms with Crippen LogP contribution in [0, 0.1) is 0 Å². The lowest BCUT2D eigenvalue weighted by molar-refractivity contribution is -0.142. The minimum atomic E-state index is -0.327. The van der Waals surface area contributed by atoms with Crippen molar-refractivity contribution in [2.24, 2.45) is 0 Å². The molecule has 6 heteroatoms. The van der Waals surface area contributed by atoms with Crippen molar-refractivity contribution in [1.29, 1.82) is 0 Å². The van der Waals surface area contributed by atoms with Gasteiger partial charge in [-0.25, -0.2) is 4.98 Å². The number of aromatic nitrogens is 2. The topological polar surface area (TPSA) is 64.1 Å². The minimum Gasteiger partial charge on any atom is -0.468 e. The van der Waals surface area contributed by atoms with Gasteiger partial charge in [-0.15, -0.1) is 11.8 Å². The van der Waals surface area contributed by atoms with Crippen molar-refractivity contribution in [3.63, 3.8) is 0 Å². The molecule has 0 bridgehead atoms. The SMILES string of the molecule is COC(=O)C(CSc1cnccn1)NC(C)C. The van der Waals surface area contributed by atoms with Gasteiger partial charge < -0.3 is 10.1 Å². The van der Waals surface area contributed by atoms with E-state index in [0.717, 1.165) is 5.03 Å². The van der Waals surface area contributed by atoms with E-state index in [1.807, 2.05) is 13.8 Å². The summed E-state index contributed by atoms with van der Waals surface area (Å²) in [7, 11) is 1.39. The molecule has 17 heavy (non-hydrogen) atoms. The van der Waals surface area contributed by atoms with E-state index in [2.05, 4.69) is 15.3 Å². The van der Waals surface area contributed by atoms with E-state index in [1.54, 1.807) is 18.6 Å². The van der Waals surface area contributed by atoms with Gasteiger partial charge in [0.25, 0.3) is 0 Å². The molecule has 0 saturated heterocycles. The fourth-order valence-electron chi connectivity index (χ4n) is 1.26. The zero-order valence-corrected chi connectivity index (χ0v) is 11.0. The number of carbonyl (C=O) groups is 1. The van der Waals surface area contributed by atoms with Gasteiger partial charge in [0.1, 0.15) is 11.1 Å². The Morgan fingerprint density at radius 2 is 2.29 bits per heavy atom. The van der Waals surface area contributed by atoms with Gasteiger partial charge in [-0.2, -0.15) is 0 Å². The van der Waals surface area contributed by atoms with Crippen LogP contribution in [0.15, 0.2) is 23.6 Å². The Balaban J connectivity index is 2.52. The van der Waals surface area contributed by atoms with Crippen LogP contribution in [0.4, 0.5) is 0 Å². The van der Waals surface area contributed by atoms with Gasteiger partial charge >= 0.3 is 5.97 Å². The monoisotopic (exact) mass is 255 g/mol. The Morgan fingerprint density at radius 3 is 2.82 bits per heavy atom. The van der Waals surface area contributed by atoms with Gasteiger partial charge in [-0.05, 0) is 0 Å². The van der Waals surface area contributed by atoms with Gasteiger partial charge in [-0.1, -0.05) is 13.8 Å².